The number of ether oxygens (including phenoxy) is 3. The smallest absolute Gasteiger partial charge is 0.236 e. The number of aromatic nitrogens is 1. The number of carbonyl (C=O) groups excluding carboxylic acids is 1. The van der Waals surface area contributed by atoms with E-state index < -0.39 is 5.41 Å². The second-order valence-electron chi connectivity index (χ2n) is 7.86. The zero-order chi connectivity index (χ0) is 21.3. The van der Waals surface area contributed by atoms with Crippen LogP contribution in [0.2, 0.25) is 0 Å². The molecule has 0 unspecified atom stereocenters. The summed E-state index contributed by atoms with van der Waals surface area (Å²) in [6.45, 7) is 2.94. The van der Waals surface area contributed by atoms with E-state index in [0.717, 1.165) is 47.6 Å². The second-order valence-corrected chi connectivity index (χ2v) is 7.86. The standard InChI is InChI=1S/C25H24N2O4.H2/c1-2-14-29-20-8-4-3-6-18(20)19-7-5-9-23(26-19)27-24(28)25(12-13-25)17-10-11-21-22(15-17)31-16-30-21;/h3-11,15H,2,12-14,16H2,1H3,(H,26,27,28);1H. The van der Waals surface area contributed by atoms with Crippen LogP contribution in [0, 0.1) is 0 Å². The molecule has 1 aliphatic heterocycles. The zero-order valence-electron chi connectivity index (χ0n) is 17.4. The molecule has 0 spiro atoms. The summed E-state index contributed by atoms with van der Waals surface area (Å²) in [7, 11) is 0. The van der Waals surface area contributed by atoms with Gasteiger partial charge in [-0.05, 0) is 61.2 Å². The van der Waals surface area contributed by atoms with Gasteiger partial charge in [0.25, 0.3) is 0 Å². The van der Waals surface area contributed by atoms with Gasteiger partial charge in [-0.1, -0.05) is 31.2 Å². The van der Waals surface area contributed by atoms with Crippen LogP contribution < -0.4 is 19.5 Å². The number of hydrogen-bond donors (Lipinski definition) is 1. The highest BCUT2D eigenvalue weighted by molar-refractivity contribution is 6.01. The molecule has 1 saturated carbocycles. The lowest BCUT2D eigenvalue weighted by molar-refractivity contribution is -0.118. The third-order valence-electron chi connectivity index (χ3n) is 5.73. The fourth-order valence-electron chi connectivity index (χ4n) is 3.87. The number of fused-ring (bicyclic) bond motifs is 1. The first-order chi connectivity index (χ1) is 15.2. The van der Waals surface area contributed by atoms with Crippen molar-refractivity contribution in [2.24, 2.45) is 0 Å². The molecule has 160 valence electrons. The van der Waals surface area contributed by atoms with Crippen LogP contribution in [0.25, 0.3) is 11.3 Å². The molecule has 6 nitrogen and oxygen atoms in total. The van der Waals surface area contributed by atoms with Crippen LogP contribution in [0.5, 0.6) is 17.2 Å². The highest BCUT2D eigenvalue weighted by Gasteiger charge is 2.51. The third-order valence-corrected chi connectivity index (χ3v) is 5.73. The van der Waals surface area contributed by atoms with Gasteiger partial charge in [-0.25, -0.2) is 4.98 Å². The van der Waals surface area contributed by atoms with Gasteiger partial charge in [0.2, 0.25) is 12.7 Å². The summed E-state index contributed by atoms with van der Waals surface area (Å²) in [4.78, 5) is 17.9. The summed E-state index contributed by atoms with van der Waals surface area (Å²) in [6, 6.07) is 19.2. The van der Waals surface area contributed by atoms with Gasteiger partial charge in [0.15, 0.2) is 11.5 Å². The van der Waals surface area contributed by atoms with Gasteiger partial charge in [-0.2, -0.15) is 0 Å². The first-order valence-corrected chi connectivity index (χ1v) is 10.6. The Bertz CT molecular complexity index is 1130. The van der Waals surface area contributed by atoms with E-state index in [2.05, 4.69) is 17.2 Å². The lowest BCUT2D eigenvalue weighted by Crippen LogP contribution is -2.28. The van der Waals surface area contributed by atoms with E-state index >= 15 is 0 Å². The summed E-state index contributed by atoms with van der Waals surface area (Å²) in [6.07, 6.45) is 2.53. The number of carbonyl (C=O) groups is 1. The van der Waals surface area contributed by atoms with Gasteiger partial charge >= 0.3 is 0 Å². The number of pyridine rings is 1. The number of para-hydroxylation sites is 1. The number of hydrogen-bond acceptors (Lipinski definition) is 5. The summed E-state index contributed by atoms with van der Waals surface area (Å²) in [5.74, 6) is 2.68. The van der Waals surface area contributed by atoms with Crippen molar-refractivity contribution in [1.29, 1.82) is 0 Å². The molecule has 3 aromatic rings. The van der Waals surface area contributed by atoms with Crippen molar-refractivity contribution in [2.45, 2.75) is 31.6 Å². The minimum Gasteiger partial charge on any atom is -0.493 e. The van der Waals surface area contributed by atoms with Crippen molar-refractivity contribution >= 4 is 11.7 Å². The summed E-state index contributed by atoms with van der Waals surface area (Å²) < 4.78 is 16.7. The largest absolute Gasteiger partial charge is 0.493 e. The van der Waals surface area contributed by atoms with Gasteiger partial charge in [-0.3, -0.25) is 4.79 Å². The number of amides is 1. The fourth-order valence-corrected chi connectivity index (χ4v) is 3.87. The van der Waals surface area contributed by atoms with Crippen LogP contribution in [-0.4, -0.2) is 24.3 Å². The number of anilines is 1. The number of benzene rings is 2. The SMILES string of the molecule is CCCOc1ccccc1-c1cccc(NC(=O)C2(c3ccc4c(c3)OCO4)CC2)n1.[HH]. The van der Waals surface area contributed by atoms with E-state index in [1.54, 1.807) is 0 Å². The molecule has 0 bridgehead atoms. The molecular weight excluding hydrogens is 392 g/mol. The molecule has 31 heavy (non-hydrogen) atoms. The second kappa shape index (κ2) is 7.95. The van der Waals surface area contributed by atoms with E-state index in [1.165, 1.54) is 0 Å². The molecule has 2 heterocycles. The quantitative estimate of drug-likeness (QED) is 0.572. The van der Waals surface area contributed by atoms with Crippen molar-refractivity contribution in [3.8, 4) is 28.5 Å². The zero-order valence-corrected chi connectivity index (χ0v) is 17.4. The maximum atomic E-state index is 13.2. The number of nitrogens with one attached hydrogen (secondary N) is 1. The highest BCUT2D eigenvalue weighted by Crippen LogP contribution is 2.51. The molecule has 5 rings (SSSR count). The fraction of sp³-hybridized carbons (Fsp3) is 0.280. The van der Waals surface area contributed by atoms with Crippen molar-refractivity contribution in [2.75, 3.05) is 18.7 Å². The maximum absolute atomic E-state index is 13.2. The molecule has 0 saturated heterocycles. The lowest BCUT2D eigenvalue weighted by Gasteiger charge is -2.16. The van der Waals surface area contributed by atoms with E-state index in [4.69, 9.17) is 14.2 Å². The highest BCUT2D eigenvalue weighted by atomic mass is 16.7. The molecular formula is C25H26N2O4. The van der Waals surface area contributed by atoms with E-state index in [-0.39, 0.29) is 14.1 Å². The van der Waals surface area contributed by atoms with E-state index in [1.807, 2.05) is 60.7 Å². The average Bonchev–Trinajstić information content (AvgIpc) is 3.49. The van der Waals surface area contributed by atoms with E-state index in [9.17, 15) is 4.79 Å². The van der Waals surface area contributed by atoms with Crippen molar-refractivity contribution < 1.29 is 20.4 Å². The predicted molar refractivity (Wildman–Crippen MR) is 120 cm³/mol. The Labute approximate surface area is 182 Å². The molecule has 1 aromatic heterocycles. The topological polar surface area (TPSA) is 69.7 Å². The van der Waals surface area contributed by atoms with E-state index in [0.29, 0.717) is 18.2 Å². The van der Waals surface area contributed by atoms with Crippen molar-refractivity contribution in [3.05, 3.63) is 66.2 Å². The molecule has 1 amide bonds. The first kappa shape index (κ1) is 19.4. The predicted octanol–water partition coefficient (Wildman–Crippen LogP) is 5.18. The van der Waals surface area contributed by atoms with Crippen LogP contribution in [-0.2, 0) is 10.2 Å². The van der Waals surface area contributed by atoms with Crippen LogP contribution in [0.4, 0.5) is 5.82 Å². The van der Waals surface area contributed by atoms with Crippen molar-refractivity contribution in [3.63, 3.8) is 0 Å². The first-order valence-electron chi connectivity index (χ1n) is 10.6. The molecule has 2 aromatic carbocycles. The van der Waals surface area contributed by atoms with Crippen molar-refractivity contribution in [1.82, 2.24) is 4.98 Å². The monoisotopic (exact) mass is 418 g/mol. The Morgan fingerprint density at radius 2 is 1.94 bits per heavy atom. The lowest BCUT2D eigenvalue weighted by atomic mass is 9.94. The molecule has 1 aliphatic carbocycles. The minimum atomic E-state index is -0.541. The Morgan fingerprint density at radius 3 is 2.77 bits per heavy atom. The van der Waals surface area contributed by atoms with Crippen LogP contribution >= 0.6 is 0 Å². The molecule has 2 aliphatic rings. The number of nitrogens with zero attached hydrogens (tertiary/aromatic N) is 1. The van der Waals surface area contributed by atoms with Gasteiger partial charge in [-0.15, -0.1) is 0 Å². The molecule has 0 atom stereocenters. The average molecular weight is 418 g/mol. The molecule has 0 radical (unpaired) electrons. The van der Waals surface area contributed by atoms with Crippen LogP contribution in [0.15, 0.2) is 60.7 Å². The van der Waals surface area contributed by atoms with Gasteiger partial charge in [0.1, 0.15) is 11.6 Å². The molecule has 1 N–H and O–H groups in total. The summed E-state index contributed by atoms with van der Waals surface area (Å²) >= 11 is 0. The van der Waals surface area contributed by atoms with Crippen LogP contribution in [0.1, 0.15) is 33.2 Å². The number of rotatable bonds is 7. The third kappa shape index (κ3) is 3.69. The minimum absolute atomic E-state index is 0. The molecule has 1 fully saturated rings. The Kier molecular flexibility index (Phi) is 4.98. The maximum Gasteiger partial charge on any atom is 0.236 e. The van der Waals surface area contributed by atoms with Gasteiger partial charge in [0.05, 0.1) is 17.7 Å². The normalized spacial score (nSPS) is 15.4. The Hall–Kier alpha value is -3.54. The summed E-state index contributed by atoms with van der Waals surface area (Å²) in [5.41, 5.74) is 2.07. The Balaban J connectivity index is 0.00000245. The van der Waals surface area contributed by atoms with Gasteiger partial charge in [0, 0.05) is 6.99 Å². The van der Waals surface area contributed by atoms with Crippen LogP contribution in [0.3, 0.4) is 0 Å². The summed E-state index contributed by atoms with van der Waals surface area (Å²) in [5, 5.41) is 3.02. The van der Waals surface area contributed by atoms with Gasteiger partial charge < -0.3 is 19.5 Å². The Morgan fingerprint density at radius 1 is 1.10 bits per heavy atom. The molecule has 6 heteroatoms.